The Bertz CT molecular complexity index is 857. The summed E-state index contributed by atoms with van der Waals surface area (Å²) in [6, 6.07) is 14.3. The van der Waals surface area contributed by atoms with E-state index in [0.29, 0.717) is 6.54 Å². The van der Waals surface area contributed by atoms with E-state index in [-0.39, 0.29) is 22.6 Å². The van der Waals surface area contributed by atoms with Gasteiger partial charge < -0.3 is 9.64 Å². The second kappa shape index (κ2) is 7.23. The maximum absolute atomic E-state index is 12.8. The van der Waals surface area contributed by atoms with Crippen molar-refractivity contribution in [3.8, 4) is 5.75 Å². The van der Waals surface area contributed by atoms with E-state index in [9.17, 15) is 8.42 Å². The van der Waals surface area contributed by atoms with Gasteiger partial charge in [-0.05, 0) is 31.2 Å². The maximum atomic E-state index is 12.8. The number of hydrogen-bond acceptors (Lipinski definition) is 4. The van der Waals surface area contributed by atoms with Gasteiger partial charge in [0.15, 0.2) is 0 Å². The molecule has 0 N–H and O–H groups in total. The van der Waals surface area contributed by atoms with E-state index >= 15 is 0 Å². The van der Waals surface area contributed by atoms with Gasteiger partial charge in [0.1, 0.15) is 16.7 Å². The predicted octanol–water partition coefficient (Wildman–Crippen LogP) is 3.25. The van der Waals surface area contributed by atoms with Crippen LogP contribution in [0.5, 0.6) is 5.75 Å². The van der Waals surface area contributed by atoms with Crippen LogP contribution in [-0.2, 0) is 10.0 Å². The molecular weight excluding hydrogens is 360 g/mol. The first kappa shape index (κ1) is 18.0. The monoisotopic (exact) mass is 380 g/mol. The standard InChI is InChI=1S/C18H21ClN2O3S/c1-3-21-13-14(24-17-10-6-5-9-16(17)21)12-20(2)25(22,23)18-11-7-4-8-15(18)19/h4-11,14H,3,12-13H2,1-2H3/t14-/m1/s1. The highest BCUT2D eigenvalue weighted by Crippen LogP contribution is 2.33. The number of para-hydroxylation sites is 2. The van der Waals surface area contributed by atoms with Crippen molar-refractivity contribution in [1.29, 1.82) is 0 Å². The summed E-state index contributed by atoms with van der Waals surface area (Å²) in [6.45, 7) is 3.79. The Hall–Kier alpha value is -1.76. The van der Waals surface area contributed by atoms with Crippen LogP contribution in [0.3, 0.4) is 0 Å². The fourth-order valence-electron chi connectivity index (χ4n) is 2.98. The summed E-state index contributed by atoms with van der Waals surface area (Å²) >= 11 is 6.06. The van der Waals surface area contributed by atoms with Crippen molar-refractivity contribution < 1.29 is 13.2 Å². The summed E-state index contributed by atoms with van der Waals surface area (Å²) in [4.78, 5) is 2.31. The molecular formula is C18H21ClN2O3S. The summed E-state index contributed by atoms with van der Waals surface area (Å²) < 4.78 is 32.9. The molecule has 2 aromatic rings. The summed E-state index contributed by atoms with van der Waals surface area (Å²) in [6.07, 6.45) is -0.253. The first-order valence-corrected chi connectivity index (χ1v) is 9.96. The van der Waals surface area contributed by atoms with Gasteiger partial charge in [-0.15, -0.1) is 0 Å². The molecule has 2 aromatic carbocycles. The second-order valence-corrected chi connectivity index (χ2v) is 8.38. The molecule has 0 fully saturated rings. The maximum Gasteiger partial charge on any atom is 0.244 e. The number of nitrogens with zero attached hydrogens (tertiary/aromatic N) is 2. The smallest absolute Gasteiger partial charge is 0.244 e. The average Bonchev–Trinajstić information content (AvgIpc) is 2.61. The predicted molar refractivity (Wildman–Crippen MR) is 100 cm³/mol. The van der Waals surface area contributed by atoms with E-state index in [0.717, 1.165) is 18.0 Å². The Labute approximate surface area is 153 Å². The molecule has 5 nitrogen and oxygen atoms in total. The summed E-state index contributed by atoms with van der Waals surface area (Å²) in [5.41, 5.74) is 1.04. The number of hydrogen-bond donors (Lipinski definition) is 0. The van der Waals surface area contributed by atoms with Crippen molar-refractivity contribution in [2.75, 3.05) is 31.6 Å². The lowest BCUT2D eigenvalue weighted by Crippen LogP contribution is -2.46. The normalized spacial score (nSPS) is 17.3. The fourth-order valence-corrected chi connectivity index (χ4v) is 4.67. The molecule has 0 spiro atoms. The lowest BCUT2D eigenvalue weighted by molar-refractivity contribution is 0.171. The number of fused-ring (bicyclic) bond motifs is 1. The SMILES string of the molecule is CCN1C[C@@H](CN(C)S(=O)(=O)c2ccccc2Cl)Oc2ccccc21. The zero-order valence-electron chi connectivity index (χ0n) is 14.2. The second-order valence-electron chi connectivity index (χ2n) is 5.96. The van der Waals surface area contributed by atoms with Gasteiger partial charge in [-0.1, -0.05) is 35.9 Å². The van der Waals surface area contributed by atoms with Gasteiger partial charge in [0.05, 0.1) is 23.8 Å². The van der Waals surface area contributed by atoms with Crippen molar-refractivity contribution in [1.82, 2.24) is 4.31 Å². The van der Waals surface area contributed by atoms with Gasteiger partial charge in [-0.25, -0.2) is 8.42 Å². The van der Waals surface area contributed by atoms with Crippen molar-refractivity contribution >= 4 is 27.3 Å². The number of ether oxygens (including phenoxy) is 1. The van der Waals surface area contributed by atoms with Crippen LogP contribution in [0.1, 0.15) is 6.92 Å². The molecule has 1 aliphatic rings. The van der Waals surface area contributed by atoms with Crippen LogP contribution in [0.2, 0.25) is 5.02 Å². The van der Waals surface area contributed by atoms with Gasteiger partial charge in [-0.3, -0.25) is 0 Å². The summed E-state index contributed by atoms with van der Waals surface area (Å²) in [5.74, 6) is 0.782. The minimum Gasteiger partial charge on any atom is -0.485 e. The van der Waals surface area contributed by atoms with Crippen molar-refractivity contribution in [3.63, 3.8) is 0 Å². The zero-order chi connectivity index (χ0) is 18.0. The highest BCUT2D eigenvalue weighted by molar-refractivity contribution is 7.89. The van der Waals surface area contributed by atoms with Gasteiger partial charge in [-0.2, -0.15) is 4.31 Å². The average molecular weight is 381 g/mol. The number of rotatable bonds is 5. The van der Waals surface area contributed by atoms with Crippen LogP contribution in [0, 0.1) is 0 Å². The Balaban J connectivity index is 1.80. The molecule has 1 heterocycles. The molecule has 0 aromatic heterocycles. The molecule has 0 unspecified atom stereocenters. The number of likely N-dealkylation sites (N-methyl/N-ethyl adjacent to an activating group) is 2. The van der Waals surface area contributed by atoms with Crippen LogP contribution in [0.4, 0.5) is 5.69 Å². The molecule has 1 atom stereocenters. The van der Waals surface area contributed by atoms with Gasteiger partial charge >= 0.3 is 0 Å². The van der Waals surface area contributed by atoms with E-state index in [4.69, 9.17) is 16.3 Å². The lowest BCUT2D eigenvalue weighted by atomic mass is 10.2. The molecule has 0 saturated heterocycles. The van der Waals surface area contributed by atoms with Crippen LogP contribution in [0.25, 0.3) is 0 Å². The molecule has 134 valence electrons. The van der Waals surface area contributed by atoms with E-state index in [1.165, 1.54) is 10.4 Å². The minimum absolute atomic E-state index is 0.114. The minimum atomic E-state index is -3.67. The largest absolute Gasteiger partial charge is 0.485 e. The van der Waals surface area contributed by atoms with Gasteiger partial charge in [0.25, 0.3) is 0 Å². The van der Waals surface area contributed by atoms with Crippen molar-refractivity contribution in [3.05, 3.63) is 53.6 Å². The molecule has 0 saturated carbocycles. The molecule has 7 heteroatoms. The van der Waals surface area contributed by atoms with Crippen LogP contribution < -0.4 is 9.64 Å². The number of anilines is 1. The van der Waals surface area contributed by atoms with Crippen molar-refractivity contribution in [2.45, 2.75) is 17.9 Å². The highest BCUT2D eigenvalue weighted by Gasteiger charge is 2.30. The third kappa shape index (κ3) is 3.61. The summed E-state index contributed by atoms with van der Waals surface area (Å²) in [5, 5.41) is 0.222. The molecule has 0 radical (unpaired) electrons. The van der Waals surface area contributed by atoms with Crippen LogP contribution in [-0.4, -0.2) is 45.5 Å². The van der Waals surface area contributed by atoms with E-state index in [1.54, 1.807) is 25.2 Å². The molecule has 0 amide bonds. The Morgan fingerprint density at radius 2 is 1.88 bits per heavy atom. The lowest BCUT2D eigenvalue weighted by Gasteiger charge is -2.37. The molecule has 0 aliphatic carbocycles. The van der Waals surface area contributed by atoms with E-state index in [2.05, 4.69) is 11.8 Å². The van der Waals surface area contributed by atoms with Crippen molar-refractivity contribution in [2.24, 2.45) is 0 Å². The fraction of sp³-hybridized carbons (Fsp3) is 0.333. The Morgan fingerprint density at radius 3 is 2.60 bits per heavy atom. The molecule has 3 rings (SSSR count). The van der Waals surface area contributed by atoms with E-state index in [1.807, 2.05) is 24.3 Å². The third-order valence-electron chi connectivity index (χ3n) is 4.29. The van der Waals surface area contributed by atoms with Gasteiger partial charge in [0.2, 0.25) is 10.0 Å². The Kier molecular flexibility index (Phi) is 5.22. The number of halogens is 1. The zero-order valence-corrected chi connectivity index (χ0v) is 15.8. The van der Waals surface area contributed by atoms with Crippen LogP contribution in [0.15, 0.2) is 53.4 Å². The highest BCUT2D eigenvalue weighted by atomic mass is 35.5. The molecule has 0 bridgehead atoms. The first-order chi connectivity index (χ1) is 11.9. The van der Waals surface area contributed by atoms with E-state index < -0.39 is 10.0 Å². The molecule has 25 heavy (non-hydrogen) atoms. The van der Waals surface area contributed by atoms with Gasteiger partial charge in [0, 0.05) is 13.6 Å². The topological polar surface area (TPSA) is 49.9 Å². The summed E-state index contributed by atoms with van der Waals surface area (Å²) in [7, 11) is -2.11. The number of sulfonamides is 1. The Morgan fingerprint density at radius 1 is 1.20 bits per heavy atom. The third-order valence-corrected chi connectivity index (χ3v) is 6.61. The molecule has 1 aliphatic heterocycles. The van der Waals surface area contributed by atoms with Crippen LogP contribution >= 0.6 is 11.6 Å². The quantitative estimate of drug-likeness (QED) is 0.799. The number of benzene rings is 2. The first-order valence-electron chi connectivity index (χ1n) is 8.15.